The molecular formula is C15H22N2O2. The molecule has 0 aliphatic carbocycles. The average molecular weight is 262 g/mol. The molecule has 0 amide bonds. The van der Waals surface area contributed by atoms with E-state index >= 15 is 0 Å². The van der Waals surface area contributed by atoms with Crippen LogP contribution in [0, 0.1) is 0 Å². The van der Waals surface area contributed by atoms with Crippen molar-refractivity contribution in [3.8, 4) is 0 Å². The summed E-state index contributed by atoms with van der Waals surface area (Å²) in [4.78, 5) is 15.8. The molecule has 0 aromatic heterocycles. The van der Waals surface area contributed by atoms with Gasteiger partial charge in [-0.05, 0) is 38.6 Å². The van der Waals surface area contributed by atoms with Gasteiger partial charge in [0, 0.05) is 31.7 Å². The first-order chi connectivity index (χ1) is 8.97. The molecule has 19 heavy (non-hydrogen) atoms. The lowest BCUT2D eigenvalue weighted by molar-refractivity contribution is 0.0545. The second-order valence-corrected chi connectivity index (χ2v) is 5.57. The second-order valence-electron chi connectivity index (χ2n) is 5.57. The van der Waals surface area contributed by atoms with Gasteiger partial charge in [0.25, 0.3) is 0 Å². The van der Waals surface area contributed by atoms with Crippen molar-refractivity contribution in [2.24, 2.45) is 0 Å². The van der Waals surface area contributed by atoms with Gasteiger partial charge in [-0.15, -0.1) is 0 Å². The highest BCUT2D eigenvalue weighted by Crippen LogP contribution is 2.17. The Morgan fingerprint density at radius 1 is 1.32 bits per heavy atom. The molecule has 104 valence electrons. The topological polar surface area (TPSA) is 43.8 Å². The van der Waals surface area contributed by atoms with Gasteiger partial charge in [0.2, 0.25) is 0 Å². The Morgan fingerprint density at radius 3 is 2.74 bits per heavy atom. The van der Waals surface area contributed by atoms with Crippen molar-refractivity contribution in [1.29, 1.82) is 0 Å². The van der Waals surface area contributed by atoms with Crippen molar-refractivity contribution < 1.29 is 9.90 Å². The average Bonchev–Trinajstić information content (AvgIpc) is 2.36. The Morgan fingerprint density at radius 2 is 2.05 bits per heavy atom. The maximum absolute atomic E-state index is 11.0. The van der Waals surface area contributed by atoms with Crippen molar-refractivity contribution in [3.05, 3.63) is 35.4 Å². The summed E-state index contributed by atoms with van der Waals surface area (Å²) < 4.78 is 0. The molecule has 1 aromatic carbocycles. The van der Waals surface area contributed by atoms with Crippen LogP contribution < -0.4 is 0 Å². The number of aromatic carboxylic acids is 1. The fraction of sp³-hybridized carbons (Fsp3) is 0.533. The number of carboxylic acid groups (broad SMARTS) is 1. The predicted octanol–water partition coefficient (Wildman–Crippen LogP) is 1.91. The summed E-state index contributed by atoms with van der Waals surface area (Å²) in [6, 6.07) is 8.28. The van der Waals surface area contributed by atoms with E-state index in [0.717, 1.165) is 25.2 Å². The quantitative estimate of drug-likeness (QED) is 0.903. The zero-order chi connectivity index (χ0) is 14.0. The third kappa shape index (κ3) is 3.33. The van der Waals surface area contributed by atoms with Gasteiger partial charge in [-0.1, -0.05) is 12.1 Å². The number of carbonyl (C=O) groups is 1. The monoisotopic (exact) mass is 262 g/mol. The Hall–Kier alpha value is -1.39. The fourth-order valence-electron chi connectivity index (χ4n) is 2.63. The second kappa shape index (κ2) is 5.72. The van der Waals surface area contributed by atoms with Gasteiger partial charge in [0.05, 0.1) is 5.56 Å². The zero-order valence-electron chi connectivity index (χ0n) is 11.8. The van der Waals surface area contributed by atoms with E-state index in [1.165, 1.54) is 0 Å². The van der Waals surface area contributed by atoms with Crippen LogP contribution in [0.15, 0.2) is 24.3 Å². The summed E-state index contributed by atoms with van der Waals surface area (Å²) in [6.07, 6.45) is 0. The number of rotatable bonds is 3. The smallest absolute Gasteiger partial charge is 0.335 e. The van der Waals surface area contributed by atoms with Gasteiger partial charge in [0.15, 0.2) is 0 Å². The first-order valence-corrected chi connectivity index (χ1v) is 6.74. The van der Waals surface area contributed by atoms with E-state index in [4.69, 9.17) is 5.11 Å². The van der Waals surface area contributed by atoms with Gasteiger partial charge in [-0.3, -0.25) is 4.90 Å². The minimum atomic E-state index is -0.860. The van der Waals surface area contributed by atoms with Gasteiger partial charge in [-0.25, -0.2) is 4.79 Å². The van der Waals surface area contributed by atoms with Crippen LogP contribution in [0.2, 0.25) is 0 Å². The summed E-state index contributed by atoms with van der Waals surface area (Å²) >= 11 is 0. The number of likely N-dealkylation sites (N-methyl/N-ethyl adjacent to an activating group) is 1. The number of hydrogen-bond donors (Lipinski definition) is 1. The Bertz CT molecular complexity index is 461. The van der Waals surface area contributed by atoms with Crippen molar-refractivity contribution in [2.75, 3.05) is 20.1 Å². The van der Waals surface area contributed by atoms with Crippen LogP contribution >= 0.6 is 0 Å². The maximum Gasteiger partial charge on any atom is 0.335 e. The summed E-state index contributed by atoms with van der Waals surface area (Å²) in [5.41, 5.74) is 1.44. The van der Waals surface area contributed by atoms with Crippen molar-refractivity contribution in [2.45, 2.75) is 32.5 Å². The number of piperazine rings is 1. The van der Waals surface area contributed by atoms with Crippen LogP contribution in [0.4, 0.5) is 0 Å². The highest BCUT2D eigenvalue weighted by Gasteiger charge is 2.26. The molecular weight excluding hydrogens is 240 g/mol. The third-order valence-electron chi connectivity index (χ3n) is 3.99. The standard InChI is InChI=1S/C15H22N2O2/c1-11-9-17(12(2)8-16(11)3)10-13-5-4-6-14(7-13)15(18)19/h4-7,11-12H,8-10H2,1-3H3,(H,18,19). The van der Waals surface area contributed by atoms with Gasteiger partial charge in [-0.2, -0.15) is 0 Å². The molecule has 0 saturated carbocycles. The highest BCUT2D eigenvalue weighted by atomic mass is 16.4. The van der Waals surface area contributed by atoms with Gasteiger partial charge in [0.1, 0.15) is 0 Å². The lowest BCUT2D eigenvalue weighted by atomic mass is 10.1. The molecule has 1 fully saturated rings. The van der Waals surface area contributed by atoms with E-state index < -0.39 is 5.97 Å². The molecule has 0 bridgehead atoms. The number of carboxylic acids is 1. The van der Waals surface area contributed by atoms with Gasteiger partial charge >= 0.3 is 5.97 Å². The largest absolute Gasteiger partial charge is 0.478 e. The first-order valence-electron chi connectivity index (χ1n) is 6.74. The molecule has 1 heterocycles. The number of benzene rings is 1. The van der Waals surface area contributed by atoms with E-state index in [0.29, 0.717) is 17.6 Å². The zero-order valence-corrected chi connectivity index (χ0v) is 11.8. The predicted molar refractivity (Wildman–Crippen MR) is 75.4 cm³/mol. The van der Waals surface area contributed by atoms with E-state index in [1.807, 2.05) is 12.1 Å². The lowest BCUT2D eigenvalue weighted by Crippen LogP contribution is -2.54. The van der Waals surface area contributed by atoms with Crippen LogP contribution in [0.1, 0.15) is 29.8 Å². The lowest BCUT2D eigenvalue weighted by Gasteiger charge is -2.42. The van der Waals surface area contributed by atoms with Crippen LogP contribution in [0.5, 0.6) is 0 Å². The molecule has 1 aromatic rings. The summed E-state index contributed by atoms with van der Waals surface area (Å²) in [5.74, 6) is -0.860. The van der Waals surface area contributed by atoms with Crippen molar-refractivity contribution in [1.82, 2.24) is 9.80 Å². The molecule has 0 spiro atoms. The van der Waals surface area contributed by atoms with Crippen LogP contribution in [-0.2, 0) is 6.54 Å². The van der Waals surface area contributed by atoms with E-state index in [9.17, 15) is 4.79 Å². The minimum absolute atomic E-state index is 0.368. The van der Waals surface area contributed by atoms with Crippen LogP contribution in [0.25, 0.3) is 0 Å². The molecule has 1 aliphatic rings. The van der Waals surface area contributed by atoms with Crippen molar-refractivity contribution >= 4 is 5.97 Å². The van der Waals surface area contributed by atoms with Crippen molar-refractivity contribution in [3.63, 3.8) is 0 Å². The summed E-state index contributed by atoms with van der Waals surface area (Å²) in [7, 11) is 2.16. The minimum Gasteiger partial charge on any atom is -0.478 e. The number of hydrogen-bond acceptors (Lipinski definition) is 3. The molecule has 0 radical (unpaired) electrons. The fourth-order valence-corrected chi connectivity index (χ4v) is 2.63. The van der Waals surface area contributed by atoms with Gasteiger partial charge < -0.3 is 10.0 Å². The first kappa shape index (κ1) is 14.0. The van der Waals surface area contributed by atoms with Crippen LogP contribution in [0.3, 0.4) is 0 Å². The van der Waals surface area contributed by atoms with Crippen LogP contribution in [-0.4, -0.2) is 53.1 Å². The SMILES string of the molecule is CC1CN(Cc2cccc(C(=O)O)c2)C(C)CN1C. The Balaban J connectivity index is 2.08. The molecule has 1 aliphatic heterocycles. The maximum atomic E-state index is 11.0. The molecule has 2 atom stereocenters. The molecule has 2 rings (SSSR count). The van der Waals surface area contributed by atoms with E-state index in [1.54, 1.807) is 12.1 Å². The number of nitrogens with zero attached hydrogens (tertiary/aromatic N) is 2. The van der Waals surface area contributed by atoms with E-state index in [-0.39, 0.29) is 0 Å². The van der Waals surface area contributed by atoms with E-state index in [2.05, 4.69) is 30.7 Å². The molecule has 2 unspecified atom stereocenters. The molecule has 4 nitrogen and oxygen atoms in total. The molecule has 4 heteroatoms. The normalized spacial score (nSPS) is 25.4. The summed E-state index contributed by atoms with van der Waals surface area (Å²) in [6.45, 7) is 7.35. The molecule has 1 saturated heterocycles. The third-order valence-corrected chi connectivity index (χ3v) is 3.99. The Labute approximate surface area is 114 Å². The highest BCUT2D eigenvalue weighted by molar-refractivity contribution is 5.87. The summed E-state index contributed by atoms with van der Waals surface area (Å²) in [5, 5.41) is 9.02. The Kier molecular flexibility index (Phi) is 4.22. The molecule has 1 N–H and O–H groups in total.